The lowest BCUT2D eigenvalue weighted by Gasteiger charge is -2.34. The first-order valence-electron chi connectivity index (χ1n) is 8.92. The lowest BCUT2D eigenvalue weighted by molar-refractivity contribution is -0.139. The summed E-state index contributed by atoms with van der Waals surface area (Å²) in [5.74, 6) is 0.447. The normalized spacial score (nSPS) is 17.9. The number of hydrogen-bond donors (Lipinski definition) is 1. The predicted octanol–water partition coefficient (Wildman–Crippen LogP) is 1.46. The highest BCUT2D eigenvalue weighted by Crippen LogP contribution is 2.21. The van der Waals surface area contributed by atoms with Crippen molar-refractivity contribution < 1.29 is 9.59 Å². The first kappa shape index (κ1) is 19.1. The number of anilines is 1. The van der Waals surface area contributed by atoms with Gasteiger partial charge < -0.3 is 15.1 Å². The number of hydrogen-bond acceptors (Lipinski definition) is 5. The molecule has 0 spiro atoms. The molecule has 2 rings (SSSR count). The Morgan fingerprint density at radius 3 is 2.60 bits per heavy atom. The molecule has 0 aliphatic carbocycles. The van der Waals surface area contributed by atoms with Gasteiger partial charge in [-0.1, -0.05) is 0 Å². The number of nitrogens with zero attached hydrogens (tertiary/aromatic N) is 4. The third-order valence-electron chi connectivity index (χ3n) is 4.15. The topological polar surface area (TPSA) is 78.4 Å². The van der Waals surface area contributed by atoms with Crippen molar-refractivity contribution >= 4 is 17.8 Å². The summed E-state index contributed by atoms with van der Waals surface area (Å²) < 4.78 is 0. The molecule has 0 saturated carbocycles. The van der Waals surface area contributed by atoms with Crippen molar-refractivity contribution in [1.29, 1.82) is 0 Å². The van der Waals surface area contributed by atoms with Crippen LogP contribution in [0.4, 0.5) is 5.95 Å². The monoisotopic (exact) mass is 347 g/mol. The molecular weight excluding hydrogens is 318 g/mol. The summed E-state index contributed by atoms with van der Waals surface area (Å²) in [6, 6.07) is 1.78. The second kappa shape index (κ2) is 8.27. The second-order valence-corrected chi connectivity index (χ2v) is 7.48. The Morgan fingerprint density at radius 2 is 2.00 bits per heavy atom. The zero-order valence-electron chi connectivity index (χ0n) is 15.7. The van der Waals surface area contributed by atoms with Crippen molar-refractivity contribution in [1.82, 2.24) is 20.2 Å². The number of carbonyl (C=O) groups excluding carboxylic acids is 2. The molecule has 1 fully saturated rings. The number of aromatic nitrogens is 2. The van der Waals surface area contributed by atoms with Gasteiger partial charge in [0.2, 0.25) is 17.8 Å². The van der Waals surface area contributed by atoms with Gasteiger partial charge in [-0.2, -0.15) is 0 Å². The highest BCUT2D eigenvalue weighted by molar-refractivity contribution is 5.86. The molecule has 1 aliphatic heterocycles. The fourth-order valence-electron chi connectivity index (χ4n) is 3.05. The average molecular weight is 347 g/mol. The average Bonchev–Trinajstić information content (AvgIpc) is 2.58. The van der Waals surface area contributed by atoms with Crippen molar-refractivity contribution in [2.75, 3.05) is 31.1 Å². The Morgan fingerprint density at radius 1 is 1.32 bits per heavy atom. The molecule has 0 bridgehead atoms. The number of likely N-dealkylation sites (N-methyl/N-ethyl adjacent to an activating group) is 1. The zero-order chi connectivity index (χ0) is 18.4. The van der Waals surface area contributed by atoms with E-state index in [9.17, 15) is 9.59 Å². The van der Waals surface area contributed by atoms with Gasteiger partial charge in [-0.15, -0.1) is 0 Å². The minimum atomic E-state index is -0.300. The number of carbonyl (C=O) groups is 2. The smallest absolute Gasteiger partial charge is 0.240 e. The van der Waals surface area contributed by atoms with Crippen molar-refractivity contribution in [2.45, 2.75) is 46.1 Å². The molecule has 1 atom stereocenters. The maximum atomic E-state index is 12.9. The molecule has 7 nitrogen and oxygen atoms in total. The van der Waals surface area contributed by atoms with Gasteiger partial charge in [-0.3, -0.25) is 9.59 Å². The van der Waals surface area contributed by atoms with E-state index < -0.39 is 0 Å². The summed E-state index contributed by atoms with van der Waals surface area (Å²) in [4.78, 5) is 37.3. The van der Waals surface area contributed by atoms with Gasteiger partial charge in [-0.25, -0.2) is 9.97 Å². The summed E-state index contributed by atoms with van der Waals surface area (Å²) in [5.41, 5.74) is -0.300. The number of amides is 2. The quantitative estimate of drug-likeness (QED) is 0.872. The van der Waals surface area contributed by atoms with E-state index in [1.165, 1.54) is 0 Å². The van der Waals surface area contributed by atoms with E-state index in [1.807, 2.05) is 27.7 Å². The Kier molecular flexibility index (Phi) is 6.33. The number of rotatable bonds is 5. The molecule has 0 aromatic carbocycles. The van der Waals surface area contributed by atoms with Gasteiger partial charge in [0.15, 0.2) is 0 Å². The molecule has 0 radical (unpaired) electrons. The predicted molar refractivity (Wildman–Crippen MR) is 97.1 cm³/mol. The second-order valence-electron chi connectivity index (χ2n) is 7.48. The van der Waals surface area contributed by atoms with Crippen LogP contribution in [0.25, 0.3) is 0 Å². The molecule has 1 saturated heterocycles. The van der Waals surface area contributed by atoms with E-state index in [-0.39, 0.29) is 29.8 Å². The maximum Gasteiger partial charge on any atom is 0.240 e. The molecular formula is C18H29N5O2. The molecule has 1 aromatic heterocycles. The van der Waals surface area contributed by atoms with Crippen LogP contribution in [0.5, 0.6) is 0 Å². The van der Waals surface area contributed by atoms with Gasteiger partial charge in [-0.05, 0) is 46.6 Å². The van der Waals surface area contributed by atoms with Crippen LogP contribution >= 0.6 is 0 Å². The first-order valence-corrected chi connectivity index (χ1v) is 8.92. The van der Waals surface area contributed by atoms with Crippen LogP contribution < -0.4 is 10.2 Å². The fraction of sp³-hybridized carbons (Fsp3) is 0.667. The van der Waals surface area contributed by atoms with E-state index in [2.05, 4.69) is 20.2 Å². The van der Waals surface area contributed by atoms with E-state index in [0.29, 0.717) is 19.0 Å². The summed E-state index contributed by atoms with van der Waals surface area (Å²) in [6.07, 6.45) is 5.17. The summed E-state index contributed by atoms with van der Waals surface area (Å²) in [6.45, 7) is 9.78. The van der Waals surface area contributed by atoms with E-state index in [0.717, 1.165) is 19.4 Å². The third-order valence-corrected chi connectivity index (χ3v) is 4.15. The van der Waals surface area contributed by atoms with Crippen LogP contribution in [-0.2, 0) is 9.59 Å². The lowest BCUT2D eigenvalue weighted by Crippen LogP contribution is -2.50. The van der Waals surface area contributed by atoms with Gasteiger partial charge >= 0.3 is 0 Å². The van der Waals surface area contributed by atoms with Crippen LogP contribution in [0.2, 0.25) is 0 Å². The third kappa shape index (κ3) is 5.69. The molecule has 1 unspecified atom stereocenters. The molecule has 2 heterocycles. The van der Waals surface area contributed by atoms with E-state index >= 15 is 0 Å². The summed E-state index contributed by atoms with van der Waals surface area (Å²) >= 11 is 0. The van der Waals surface area contributed by atoms with Crippen molar-refractivity contribution in [3.8, 4) is 0 Å². The highest BCUT2D eigenvalue weighted by atomic mass is 16.2. The number of nitrogens with one attached hydrogen (secondary N) is 1. The minimum absolute atomic E-state index is 0.0344. The van der Waals surface area contributed by atoms with Crippen molar-refractivity contribution in [3.63, 3.8) is 0 Å². The fourth-order valence-corrected chi connectivity index (χ4v) is 3.05. The Bertz CT molecular complexity index is 585. The Labute approximate surface area is 149 Å². The highest BCUT2D eigenvalue weighted by Gasteiger charge is 2.30. The molecule has 25 heavy (non-hydrogen) atoms. The van der Waals surface area contributed by atoms with Crippen LogP contribution in [0, 0.1) is 5.92 Å². The van der Waals surface area contributed by atoms with Crippen LogP contribution in [0.1, 0.15) is 40.5 Å². The Hall–Kier alpha value is -2.18. The van der Waals surface area contributed by atoms with Crippen molar-refractivity contribution in [2.24, 2.45) is 5.92 Å². The van der Waals surface area contributed by atoms with E-state index in [4.69, 9.17) is 0 Å². The van der Waals surface area contributed by atoms with E-state index in [1.54, 1.807) is 23.4 Å². The summed E-state index contributed by atoms with van der Waals surface area (Å²) in [5, 5.41) is 2.91. The van der Waals surface area contributed by atoms with Crippen LogP contribution in [0.15, 0.2) is 18.5 Å². The SMILES string of the molecule is CCN(CC(=O)NC(C)(C)C)C(=O)C1CCCN(c2ncccn2)C1. The van der Waals surface area contributed by atoms with Gasteiger partial charge in [0, 0.05) is 37.6 Å². The van der Waals surface area contributed by atoms with Crippen LogP contribution in [0.3, 0.4) is 0 Å². The standard InChI is InChI=1S/C18H29N5O2/c1-5-22(13-15(24)21-18(2,3)4)16(25)14-8-6-11-23(12-14)17-19-9-7-10-20-17/h7,9-10,14H,5-6,8,11-13H2,1-4H3,(H,21,24). The molecule has 1 aliphatic rings. The lowest BCUT2D eigenvalue weighted by atomic mass is 9.96. The van der Waals surface area contributed by atoms with Gasteiger partial charge in [0.05, 0.1) is 12.5 Å². The molecule has 2 amide bonds. The first-order chi connectivity index (χ1) is 11.8. The molecule has 1 N–H and O–H groups in total. The summed E-state index contributed by atoms with van der Waals surface area (Å²) in [7, 11) is 0. The van der Waals surface area contributed by atoms with Crippen molar-refractivity contribution in [3.05, 3.63) is 18.5 Å². The molecule has 7 heteroatoms. The molecule has 1 aromatic rings. The molecule has 138 valence electrons. The number of piperidine rings is 1. The minimum Gasteiger partial charge on any atom is -0.350 e. The largest absolute Gasteiger partial charge is 0.350 e. The van der Waals surface area contributed by atoms with Gasteiger partial charge in [0.25, 0.3) is 0 Å². The van der Waals surface area contributed by atoms with Gasteiger partial charge in [0.1, 0.15) is 0 Å². The maximum absolute atomic E-state index is 12.9. The van der Waals surface area contributed by atoms with Crippen LogP contribution in [-0.4, -0.2) is 58.4 Å². The Balaban J connectivity index is 1.98. The zero-order valence-corrected chi connectivity index (χ0v) is 15.7.